The molecular weight excluding hydrogens is 256 g/mol. The molecule has 2 aromatic rings. The molecule has 1 amide bonds. The number of carbonyl (C=O) groups is 1. The molecule has 0 aliphatic rings. The predicted octanol–water partition coefficient (Wildman–Crippen LogP) is 4.08. The minimum Gasteiger partial charge on any atom is -0.465 e. The van der Waals surface area contributed by atoms with Gasteiger partial charge in [-0.25, -0.2) is 4.79 Å². The number of anilines is 1. The molecule has 0 unspecified atom stereocenters. The van der Waals surface area contributed by atoms with Crippen LogP contribution in [0.5, 0.6) is 0 Å². The summed E-state index contributed by atoms with van der Waals surface area (Å²) >= 11 is 0. The highest BCUT2D eigenvalue weighted by molar-refractivity contribution is 5.89. The molecule has 1 heterocycles. The van der Waals surface area contributed by atoms with Crippen LogP contribution in [0.2, 0.25) is 0 Å². The van der Waals surface area contributed by atoms with Gasteiger partial charge in [0.1, 0.15) is 11.4 Å². The molecule has 0 aliphatic heterocycles. The quantitative estimate of drug-likeness (QED) is 0.861. The van der Waals surface area contributed by atoms with E-state index in [-0.39, 0.29) is 0 Å². The van der Waals surface area contributed by atoms with Crippen LogP contribution in [0.4, 0.5) is 10.5 Å². The molecule has 20 heavy (non-hydrogen) atoms. The lowest BCUT2D eigenvalue weighted by Gasteiger charge is -2.04. The van der Waals surface area contributed by atoms with Gasteiger partial charge in [0.2, 0.25) is 0 Å². The highest BCUT2D eigenvalue weighted by Crippen LogP contribution is 2.31. The number of carboxylic acid groups (broad SMARTS) is 1. The normalized spacial score (nSPS) is 10.5. The zero-order chi connectivity index (χ0) is 14.5. The minimum absolute atomic E-state index is 0.402. The Morgan fingerprint density at radius 1 is 1.35 bits per heavy atom. The first-order valence-corrected chi connectivity index (χ1v) is 6.67. The Balaban J connectivity index is 2.25. The number of amides is 1. The highest BCUT2D eigenvalue weighted by atomic mass is 16.5. The van der Waals surface area contributed by atoms with E-state index in [1.54, 1.807) is 6.92 Å². The largest absolute Gasteiger partial charge is 0.465 e. The number of aryl methyl sites for hydroxylation is 2. The molecule has 1 aromatic carbocycles. The van der Waals surface area contributed by atoms with Gasteiger partial charge in [-0.2, -0.15) is 0 Å². The summed E-state index contributed by atoms with van der Waals surface area (Å²) < 4.78 is 5.23. The monoisotopic (exact) mass is 274 g/mol. The summed E-state index contributed by atoms with van der Waals surface area (Å²) in [4.78, 5) is 10.8. The minimum atomic E-state index is -1.13. The van der Waals surface area contributed by atoms with Crippen LogP contribution in [0, 0.1) is 6.92 Å². The van der Waals surface area contributed by atoms with Crippen LogP contribution < -0.4 is 5.32 Å². The zero-order valence-corrected chi connectivity index (χ0v) is 11.6. The standard InChI is InChI=1S/C15H18N2O3/c1-3-4-5-11-6-8-12(9-7-11)14-13(16-15(18)19)10(2)17-20-14/h6-9,16H,3-5H2,1-2H3,(H,18,19). The van der Waals surface area contributed by atoms with Crippen molar-refractivity contribution in [1.29, 1.82) is 0 Å². The van der Waals surface area contributed by atoms with Gasteiger partial charge in [-0.1, -0.05) is 42.8 Å². The van der Waals surface area contributed by atoms with Crippen LogP contribution in [-0.2, 0) is 6.42 Å². The Bertz CT molecular complexity index is 588. The zero-order valence-electron chi connectivity index (χ0n) is 11.6. The molecule has 0 spiro atoms. The number of rotatable bonds is 5. The lowest BCUT2D eigenvalue weighted by molar-refractivity contribution is 0.209. The molecular formula is C15H18N2O3. The Morgan fingerprint density at radius 2 is 2.05 bits per heavy atom. The van der Waals surface area contributed by atoms with Gasteiger partial charge in [0, 0.05) is 5.56 Å². The van der Waals surface area contributed by atoms with E-state index in [0.717, 1.165) is 24.8 Å². The molecule has 2 N–H and O–H groups in total. The summed E-state index contributed by atoms with van der Waals surface area (Å²) in [7, 11) is 0. The fourth-order valence-electron chi connectivity index (χ4n) is 2.02. The molecule has 2 rings (SSSR count). The fourth-order valence-corrected chi connectivity index (χ4v) is 2.02. The van der Waals surface area contributed by atoms with E-state index in [9.17, 15) is 4.79 Å². The molecule has 106 valence electrons. The van der Waals surface area contributed by atoms with Crippen molar-refractivity contribution in [3.05, 3.63) is 35.5 Å². The van der Waals surface area contributed by atoms with Gasteiger partial charge in [0.15, 0.2) is 5.76 Å². The van der Waals surface area contributed by atoms with Crippen molar-refractivity contribution in [2.75, 3.05) is 5.32 Å². The van der Waals surface area contributed by atoms with Crippen molar-refractivity contribution in [3.8, 4) is 11.3 Å². The lowest BCUT2D eigenvalue weighted by atomic mass is 10.0. The van der Waals surface area contributed by atoms with Crippen LogP contribution in [0.1, 0.15) is 31.0 Å². The van der Waals surface area contributed by atoms with Gasteiger partial charge in [-0.15, -0.1) is 0 Å². The fraction of sp³-hybridized carbons (Fsp3) is 0.333. The van der Waals surface area contributed by atoms with E-state index < -0.39 is 6.09 Å². The summed E-state index contributed by atoms with van der Waals surface area (Å²) in [6.45, 7) is 3.86. The van der Waals surface area contributed by atoms with Crippen LogP contribution in [0.3, 0.4) is 0 Å². The van der Waals surface area contributed by atoms with Gasteiger partial charge in [0.25, 0.3) is 0 Å². The third kappa shape index (κ3) is 3.17. The summed E-state index contributed by atoms with van der Waals surface area (Å²) in [5.74, 6) is 0.451. The van der Waals surface area contributed by atoms with Gasteiger partial charge >= 0.3 is 6.09 Å². The van der Waals surface area contributed by atoms with E-state index in [2.05, 4.69) is 17.4 Å². The van der Waals surface area contributed by atoms with Crippen molar-refractivity contribution in [2.24, 2.45) is 0 Å². The third-order valence-corrected chi connectivity index (χ3v) is 3.13. The van der Waals surface area contributed by atoms with Crippen molar-refractivity contribution in [3.63, 3.8) is 0 Å². The Hall–Kier alpha value is -2.30. The molecule has 0 saturated heterocycles. The van der Waals surface area contributed by atoms with Gasteiger partial charge in [-0.05, 0) is 25.3 Å². The number of unbranched alkanes of at least 4 members (excludes halogenated alkanes) is 1. The molecule has 5 nitrogen and oxygen atoms in total. The number of benzene rings is 1. The molecule has 1 aromatic heterocycles. The maximum Gasteiger partial charge on any atom is 0.409 e. The molecule has 5 heteroatoms. The molecule has 0 fully saturated rings. The lowest BCUT2D eigenvalue weighted by Crippen LogP contribution is -2.08. The smallest absolute Gasteiger partial charge is 0.409 e. The number of nitrogens with zero attached hydrogens (tertiary/aromatic N) is 1. The topological polar surface area (TPSA) is 75.4 Å². The number of hydrogen-bond donors (Lipinski definition) is 2. The van der Waals surface area contributed by atoms with Crippen molar-refractivity contribution < 1.29 is 14.4 Å². The first kappa shape index (κ1) is 14.1. The maximum atomic E-state index is 10.8. The molecule has 0 aliphatic carbocycles. The summed E-state index contributed by atoms with van der Waals surface area (Å²) in [5, 5.41) is 15.0. The second-order valence-electron chi connectivity index (χ2n) is 4.70. The first-order valence-electron chi connectivity index (χ1n) is 6.67. The molecule has 0 bridgehead atoms. The predicted molar refractivity (Wildman–Crippen MR) is 76.9 cm³/mol. The molecule has 0 radical (unpaired) electrons. The van der Waals surface area contributed by atoms with Crippen molar-refractivity contribution in [2.45, 2.75) is 33.1 Å². The summed E-state index contributed by atoms with van der Waals surface area (Å²) in [5.41, 5.74) is 3.01. The van der Waals surface area contributed by atoms with E-state index in [1.807, 2.05) is 24.3 Å². The van der Waals surface area contributed by atoms with E-state index in [0.29, 0.717) is 17.1 Å². The maximum absolute atomic E-state index is 10.8. The Morgan fingerprint density at radius 3 is 2.65 bits per heavy atom. The third-order valence-electron chi connectivity index (χ3n) is 3.13. The first-order chi connectivity index (χ1) is 9.61. The van der Waals surface area contributed by atoms with Crippen LogP contribution >= 0.6 is 0 Å². The Labute approximate surface area is 117 Å². The second-order valence-corrected chi connectivity index (χ2v) is 4.70. The van der Waals surface area contributed by atoms with Crippen LogP contribution in [-0.4, -0.2) is 16.4 Å². The summed E-state index contributed by atoms with van der Waals surface area (Å²) in [6.07, 6.45) is 2.24. The van der Waals surface area contributed by atoms with Crippen molar-refractivity contribution in [1.82, 2.24) is 5.16 Å². The SMILES string of the molecule is CCCCc1ccc(-c2onc(C)c2NC(=O)O)cc1. The highest BCUT2D eigenvalue weighted by Gasteiger charge is 2.16. The van der Waals surface area contributed by atoms with E-state index in [1.165, 1.54) is 5.56 Å². The number of hydrogen-bond acceptors (Lipinski definition) is 3. The van der Waals surface area contributed by atoms with E-state index >= 15 is 0 Å². The van der Waals surface area contributed by atoms with Gasteiger partial charge in [0.05, 0.1) is 0 Å². The average molecular weight is 274 g/mol. The van der Waals surface area contributed by atoms with E-state index in [4.69, 9.17) is 9.63 Å². The van der Waals surface area contributed by atoms with Gasteiger partial charge in [-0.3, -0.25) is 5.32 Å². The average Bonchev–Trinajstić information content (AvgIpc) is 2.78. The Kier molecular flexibility index (Phi) is 4.40. The number of nitrogens with one attached hydrogen (secondary N) is 1. The number of aromatic nitrogens is 1. The van der Waals surface area contributed by atoms with Crippen LogP contribution in [0.25, 0.3) is 11.3 Å². The summed E-state index contributed by atoms with van der Waals surface area (Å²) in [6, 6.07) is 7.93. The van der Waals surface area contributed by atoms with Crippen LogP contribution in [0.15, 0.2) is 28.8 Å². The molecule has 0 atom stereocenters. The molecule has 0 saturated carbocycles. The second kappa shape index (κ2) is 6.23. The van der Waals surface area contributed by atoms with Crippen molar-refractivity contribution >= 4 is 11.8 Å². The van der Waals surface area contributed by atoms with Gasteiger partial charge < -0.3 is 9.63 Å².